The maximum Gasteiger partial charge on any atom is 0.254 e. The number of halogens is 2. The van der Waals surface area contributed by atoms with E-state index in [-0.39, 0.29) is 12.5 Å². The molecule has 178 valence electrons. The number of carbonyl (C=O) groups is 1. The molecule has 32 heavy (non-hydrogen) atoms. The summed E-state index contributed by atoms with van der Waals surface area (Å²) in [5.41, 5.74) is 0.901. The van der Waals surface area contributed by atoms with Crippen LogP contribution in [0.3, 0.4) is 0 Å². The highest BCUT2D eigenvalue weighted by atomic mass is 35.5. The van der Waals surface area contributed by atoms with E-state index in [0.717, 1.165) is 5.69 Å². The zero-order chi connectivity index (χ0) is 23.3. The summed E-state index contributed by atoms with van der Waals surface area (Å²) < 4.78 is 23.7. The Bertz CT molecular complexity index is 853. The molecule has 0 unspecified atom stereocenters. The minimum Gasteiger partial charge on any atom is -0.367 e. The van der Waals surface area contributed by atoms with E-state index in [4.69, 9.17) is 42.1 Å². The molecule has 3 saturated heterocycles. The summed E-state index contributed by atoms with van der Waals surface area (Å²) in [6, 6.07) is 5.42. The molecular formula is C22H30Cl2N2O6. The smallest absolute Gasteiger partial charge is 0.254 e. The maximum atomic E-state index is 13.4. The number of fused-ring (bicyclic) bond motifs is 1. The number of nitrogens with zero attached hydrogens (tertiary/aromatic N) is 2. The number of benzene rings is 1. The predicted molar refractivity (Wildman–Crippen MR) is 120 cm³/mol. The Morgan fingerprint density at radius 2 is 1.81 bits per heavy atom. The molecule has 3 aliphatic heterocycles. The van der Waals surface area contributed by atoms with Gasteiger partial charge in [-0.15, -0.1) is 0 Å². The summed E-state index contributed by atoms with van der Waals surface area (Å²) in [7, 11) is 0. The van der Waals surface area contributed by atoms with Gasteiger partial charge in [0.25, 0.3) is 5.91 Å². The average Bonchev–Trinajstić information content (AvgIpc) is 3.02. The Morgan fingerprint density at radius 1 is 1.16 bits per heavy atom. The molecule has 10 heteroatoms. The summed E-state index contributed by atoms with van der Waals surface area (Å²) in [6.07, 6.45) is -2.49. The number of rotatable bonds is 4. The maximum absolute atomic E-state index is 13.4. The molecule has 4 atom stereocenters. The van der Waals surface area contributed by atoms with Crippen molar-refractivity contribution in [3.63, 3.8) is 0 Å². The normalized spacial score (nSPS) is 30.3. The molecule has 1 aromatic carbocycles. The van der Waals surface area contributed by atoms with Gasteiger partial charge in [-0.3, -0.25) is 4.79 Å². The molecule has 0 saturated carbocycles. The van der Waals surface area contributed by atoms with Crippen molar-refractivity contribution in [2.24, 2.45) is 0 Å². The van der Waals surface area contributed by atoms with E-state index in [1.54, 1.807) is 38.7 Å². The van der Waals surface area contributed by atoms with Gasteiger partial charge in [-0.2, -0.15) is 0 Å². The van der Waals surface area contributed by atoms with E-state index >= 15 is 0 Å². The van der Waals surface area contributed by atoms with Crippen molar-refractivity contribution < 1.29 is 28.8 Å². The standard InChI is InChI=1S/C22H30Cl2N2O6/c1-21(2,28)30-16-12-29-19(18-17(16)31-22(3,4)32-18)20(27)26-9-7-25(8-10-26)15-6-5-13(23)11-14(15)24/h5-6,11,16-19,28H,7-10,12H2,1-4H3/t16-,17+,18+,19-/m0/s1. The first-order chi connectivity index (χ1) is 14.9. The number of amides is 1. The van der Waals surface area contributed by atoms with Crippen molar-refractivity contribution in [1.82, 2.24) is 4.90 Å². The van der Waals surface area contributed by atoms with Crippen LogP contribution in [-0.4, -0.2) is 84.7 Å². The van der Waals surface area contributed by atoms with E-state index in [1.807, 2.05) is 12.1 Å². The van der Waals surface area contributed by atoms with Crippen molar-refractivity contribution in [3.8, 4) is 0 Å². The van der Waals surface area contributed by atoms with Crippen molar-refractivity contribution in [2.75, 3.05) is 37.7 Å². The minimum atomic E-state index is -1.36. The Kier molecular flexibility index (Phi) is 6.68. The Balaban J connectivity index is 1.42. The van der Waals surface area contributed by atoms with Crippen molar-refractivity contribution in [1.29, 1.82) is 0 Å². The highest BCUT2D eigenvalue weighted by molar-refractivity contribution is 6.36. The quantitative estimate of drug-likeness (QED) is 0.652. The first-order valence-corrected chi connectivity index (χ1v) is 11.6. The van der Waals surface area contributed by atoms with E-state index in [1.165, 1.54) is 0 Å². The number of piperazine rings is 1. The molecule has 1 amide bonds. The van der Waals surface area contributed by atoms with Gasteiger partial charge in [0.2, 0.25) is 0 Å². The zero-order valence-electron chi connectivity index (χ0n) is 18.7. The van der Waals surface area contributed by atoms with Crippen LogP contribution in [0.15, 0.2) is 18.2 Å². The highest BCUT2D eigenvalue weighted by Crippen LogP contribution is 2.38. The van der Waals surface area contributed by atoms with Crippen molar-refractivity contribution >= 4 is 34.8 Å². The fraction of sp³-hybridized carbons (Fsp3) is 0.682. The summed E-state index contributed by atoms with van der Waals surface area (Å²) in [6.45, 7) is 9.15. The van der Waals surface area contributed by atoms with Gasteiger partial charge in [0.05, 0.1) is 17.3 Å². The Hall–Kier alpha value is -1.13. The molecule has 3 aliphatic rings. The lowest BCUT2D eigenvalue weighted by Gasteiger charge is -2.42. The van der Waals surface area contributed by atoms with Gasteiger partial charge in [0.1, 0.15) is 18.3 Å². The Morgan fingerprint density at radius 3 is 2.44 bits per heavy atom. The predicted octanol–water partition coefficient (Wildman–Crippen LogP) is 2.67. The van der Waals surface area contributed by atoms with Crippen LogP contribution in [-0.2, 0) is 23.7 Å². The fourth-order valence-electron chi connectivity index (χ4n) is 4.50. The second-order valence-corrected chi connectivity index (χ2v) is 10.2. The third-order valence-corrected chi connectivity index (χ3v) is 6.33. The summed E-state index contributed by atoms with van der Waals surface area (Å²) in [5.74, 6) is -2.37. The van der Waals surface area contributed by atoms with Gasteiger partial charge in [0, 0.05) is 31.2 Å². The Labute approximate surface area is 198 Å². The number of hydrogen-bond acceptors (Lipinski definition) is 7. The molecule has 3 fully saturated rings. The van der Waals surface area contributed by atoms with Crippen LogP contribution in [0.1, 0.15) is 27.7 Å². The van der Waals surface area contributed by atoms with Crippen LogP contribution in [0.5, 0.6) is 0 Å². The molecule has 0 radical (unpaired) electrons. The number of aliphatic hydroxyl groups is 1. The molecule has 1 aromatic rings. The lowest BCUT2D eigenvalue weighted by atomic mass is 9.98. The average molecular weight is 489 g/mol. The molecule has 4 rings (SSSR count). The molecule has 8 nitrogen and oxygen atoms in total. The molecule has 0 bridgehead atoms. The lowest BCUT2D eigenvalue weighted by molar-refractivity contribution is -0.259. The second-order valence-electron chi connectivity index (χ2n) is 9.33. The van der Waals surface area contributed by atoms with Gasteiger partial charge in [-0.1, -0.05) is 23.2 Å². The van der Waals surface area contributed by atoms with E-state index in [2.05, 4.69) is 4.90 Å². The van der Waals surface area contributed by atoms with E-state index in [0.29, 0.717) is 36.2 Å². The zero-order valence-corrected chi connectivity index (χ0v) is 20.2. The monoisotopic (exact) mass is 488 g/mol. The van der Waals surface area contributed by atoms with Crippen LogP contribution in [0.25, 0.3) is 0 Å². The van der Waals surface area contributed by atoms with Crippen LogP contribution < -0.4 is 4.90 Å². The minimum absolute atomic E-state index is 0.126. The first-order valence-electron chi connectivity index (χ1n) is 10.8. The van der Waals surface area contributed by atoms with Gasteiger partial charge in [-0.25, -0.2) is 0 Å². The van der Waals surface area contributed by atoms with Gasteiger partial charge in [0.15, 0.2) is 17.7 Å². The van der Waals surface area contributed by atoms with Crippen LogP contribution in [0.4, 0.5) is 5.69 Å². The van der Waals surface area contributed by atoms with Gasteiger partial charge >= 0.3 is 0 Å². The SMILES string of the molecule is CC(C)(O)O[C@H]1CO[C@H](C(=O)N2CCN(c3ccc(Cl)cc3Cl)CC2)[C@@H]2OC(C)(C)O[C@@H]21. The molecule has 0 aliphatic carbocycles. The lowest BCUT2D eigenvalue weighted by Crippen LogP contribution is -2.61. The van der Waals surface area contributed by atoms with Crippen LogP contribution in [0.2, 0.25) is 10.0 Å². The van der Waals surface area contributed by atoms with Gasteiger partial charge < -0.3 is 33.9 Å². The van der Waals surface area contributed by atoms with Crippen molar-refractivity contribution in [2.45, 2.75) is 63.7 Å². The van der Waals surface area contributed by atoms with Gasteiger partial charge in [-0.05, 0) is 45.9 Å². The third kappa shape index (κ3) is 5.17. The van der Waals surface area contributed by atoms with Crippen molar-refractivity contribution in [3.05, 3.63) is 28.2 Å². The molecule has 0 aromatic heterocycles. The highest BCUT2D eigenvalue weighted by Gasteiger charge is 2.55. The molecule has 3 heterocycles. The molecule has 1 N–H and O–H groups in total. The molecule has 0 spiro atoms. The number of hydrogen-bond donors (Lipinski definition) is 1. The molecular weight excluding hydrogens is 459 g/mol. The van der Waals surface area contributed by atoms with E-state index < -0.39 is 36.0 Å². The second kappa shape index (κ2) is 8.91. The van der Waals surface area contributed by atoms with Crippen LogP contribution in [0, 0.1) is 0 Å². The largest absolute Gasteiger partial charge is 0.367 e. The third-order valence-electron chi connectivity index (χ3n) is 5.79. The fourth-order valence-corrected chi connectivity index (χ4v) is 5.02. The van der Waals surface area contributed by atoms with E-state index in [9.17, 15) is 9.90 Å². The topological polar surface area (TPSA) is 80.7 Å². The first kappa shape index (κ1) is 24.0. The summed E-state index contributed by atoms with van der Waals surface area (Å²) in [4.78, 5) is 17.3. The number of anilines is 1. The summed E-state index contributed by atoms with van der Waals surface area (Å²) in [5, 5.41) is 11.3. The number of ether oxygens (including phenoxy) is 4. The van der Waals surface area contributed by atoms with Crippen LogP contribution >= 0.6 is 23.2 Å². The summed E-state index contributed by atoms with van der Waals surface area (Å²) >= 11 is 12.3. The number of carbonyl (C=O) groups excluding carboxylic acids is 1.